The number of allylic oxidation sites excluding steroid dienone is 5. The second kappa shape index (κ2) is 5.17. The number of carbonyl (C=O) groups excluding carboxylic acids is 3. The Morgan fingerprint density at radius 2 is 1.69 bits per heavy atom. The predicted octanol–water partition coefficient (Wildman–Crippen LogP) is 1.37. The maximum Gasteiger partial charge on any atom is 0.167 e. The third kappa shape index (κ3) is 2.13. The molecule has 136 valence electrons. The number of aliphatic hydroxyl groups excluding tert-OH is 3. The van der Waals surface area contributed by atoms with Crippen molar-refractivity contribution in [2.75, 3.05) is 0 Å². The van der Waals surface area contributed by atoms with Crippen LogP contribution in [-0.4, -0.2) is 43.4 Å². The quantitative estimate of drug-likeness (QED) is 0.481. The summed E-state index contributed by atoms with van der Waals surface area (Å²) < 4.78 is 0. The first kappa shape index (κ1) is 16.8. The van der Waals surface area contributed by atoms with Gasteiger partial charge in [0.05, 0.1) is 35.0 Å². The van der Waals surface area contributed by atoms with E-state index in [1.807, 2.05) is 0 Å². The Balaban J connectivity index is 1.88. The fourth-order valence-corrected chi connectivity index (χ4v) is 4.61. The molecule has 0 radical (unpaired) electrons. The summed E-state index contributed by atoms with van der Waals surface area (Å²) in [5.74, 6) is -7.77. The highest BCUT2D eigenvalue weighted by Crippen LogP contribution is 2.50. The van der Waals surface area contributed by atoms with E-state index in [0.717, 1.165) is 6.08 Å². The average molecular weight is 358 g/mol. The van der Waals surface area contributed by atoms with Crippen LogP contribution in [0.3, 0.4) is 0 Å². The number of aliphatic hydroxyl groups is 4. The van der Waals surface area contributed by atoms with E-state index in [1.165, 1.54) is 19.1 Å². The van der Waals surface area contributed by atoms with Crippen LogP contribution in [-0.2, 0) is 14.4 Å². The van der Waals surface area contributed by atoms with E-state index in [2.05, 4.69) is 0 Å². The molecule has 4 aliphatic carbocycles. The van der Waals surface area contributed by atoms with Gasteiger partial charge in [0.25, 0.3) is 0 Å². The Morgan fingerprint density at radius 1 is 1.00 bits per heavy atom. The Kier molecular flexibility index (Phi) is 3.34. The molecule has 4 unspecified atom stereocenters. The molecule has 26 heavy (non-hydrogen) atoms. The smallest absolute Gasteiger partial charge is 0.167 e. The van der Waals surface area contributed by atoms with Crippen LogP contribution in [0.15, 0.2) is 46.7 Å². The van der Waals surface area contributed by atoms with Crippen molar-refractivity contribution in [3.05, 3.63) is 46.7 Å². The van der Waals surface area contributed by atoms with E-state index >= 15 is 0 Å². The fraction of sp³-hybridized carbons (Fsp3) is 0.421. The maximum absolute atomic E-state index is 13.1. The molecule has 0 amide bonds. The zero-order valence-electron chi connectivity index (χ0n) is 14.0. The minimum atomic E-state index is -1.34. The lowest BCUT2D eigenvalue weighted by atomic mass is 9.57. The van der Waals surface area contributed by atoms with Gasteiger partial charge in [-0.1, -0.05) is 6.08 Å². The van der Waals surface area contributed by atoms with E-state index in [-0.39, 0.29) is 24.2 Å². The van der Waals surface area contributed by atoms with Gasteiger partial charge in [-0.2, -0.15) is 0 Å². The van der Waals surface area contributed by atoms with Crippen LogP contribution in [0, 0.1) is 23.7 Å². The summed E-state index contributed by atoms with van der Waals surface area (Å²) in [7, 11) is 0. The van der Waals surface area contributed by atoms with Gasteiger partial charge in [0, 0.05) is 18.4 Å². The van der Waals surface area contributed by atoms with Crippen LogP contribution in [0.2, 0.25) is 0 Å². The van der Waals surface area contributed by atoms with Crippen LogP contribution in [0.5, 0.6) is 0 Å². The first-order chi connectivity index (χ1) is 12.1. The lowest BCUT2D eigenvalue weighted by Crippen LogP contribution is -2.54. The molecule has 0 saturated heterocycles. The Hall–Kier alpha value is -2.67. The molecular weight excluding hydrogens is 340 g/mol. The van der Waals surface area contributed by atoms with Gasteiger partial charge in [0.2, 0.25) is 0 Å². The van der Waals surface area contributed by atoms with Crippen LogP contribution in [0.1, 0.15) is 19.8 Å². The van der Waals surface area contributed by atoms with Gasteiger partial charge in [-0.05, 0) is 24.6 Å². The van der Waals surface area contributed by atoms with E-state index in [4.69, 9.17) is 0 Å². The monoisotopic (exact) mass is 358 g/mol. The van der Waals surface area contributed by atoms with Crippen LogP contribution >= 0.6 is 0 Å². The molecule has 4 rings (SSSR count). The molecule has 7 heteroatoms. The third-order valence-electron chi connectivity index (χ3n) is 5.67. The molecule has 1 fully saturated rings. The number of ketones is 3. The van der Waals surface area contributed by atoms with Crippen molar-refractivity contribution in [1.29, 1.82) is 0 Å². The number of Topliss-reactive ketones (excluding diaryl/α,β-unsaturated/α-hetero) is 2. The SMILES string of the molecule is C[C@@]1(O)CC2=CC(=O)C3C(=O)C4C(O)=C(O)C=CC4C(=O)C3C2=C(O)C1. The van der Waals surface area contributed by atoms with Crippen LogP contribution < -0.4 is 0 Å². The van der Waals surface area contributed by atoms with Gasteiger partial charge in [0.15, 0.2) is 17.3 Å². The van der Waals surface area contributed by atoms with Gasteiger partial charge >= 0.3 is 0 Å². The standard InChI is InChI=1S/C19H18O7/c1-19(26)5-7-4-10(21)14-15(12(7)11(22)6-19)16(23)8-2-3-9(20)17(24)13(8)18(14)25/h2-4,8,13-15,20,22,24,26H,5-6H2,1H3/t8?,13?,14?,15?,19-/m1/s1. The third-order valence-corrected chi connectivity index (χ3v) is 5.67. The molecule has 0 aromatic carbocycles. The van der Waals surface area contributed by atoms with Crippen molar-refractivity contribution in [2.45, 2.75) is 25.4 Å². The first-order valence-corrected chi connectivity index (χ1v) is 8.39. The fourth-order valence-electron chi connectivity index (χ4n) is 4.61. The largest absolute Gasteiger partial charge is 0.512 e. The minimum absolute atomic E-state index is 0.0750. The Labute approximate surface area is 148 Å². The van der Waals surface area contributed by atoms with Gasteiger partial charge in [-0.25, -0.2) is 0 Å². The lowest BCUT2D eigenvalue weighted by molar-refractivity contribution is -0.148. The maximum atomic E-state index is 13.1. The highest BCUT2D eigenvalue weighted by atomic mass is 16.3. The van der Waals surface area contributed by atoms with Gasteiger partial charge < -0.3 is 20.4 Å². The van der Waals surface area contributed by atoms with Gasteiger partial charge in [-0.15, -0.1) is 0 Å². The van der Waals surface area contributed by atoms with Crippen molar-refractivity contribution >= 4 is 17.3 Å². The topological polar surface area (TPSA) is 132 Å². The highest BCUT2D eigenvalue weighted by Gasteiger charge is 2.58. The number of fused-ring (bicyclic) bond motifs is 4. The number of hydrogen-bond acceptors (Lipinski definition) is 7. The molecule has 5 atom stereocenters. The minimum Gasteiger partial charge on any atom is -0.512 e. The van der Waals surface area contributed by atoms with Crippen molar-refractivity contribution in [3.8, 4) is 0 Å². The normalized spacial score (nSPS) is 39.5. The molecule has 4 aliphatic rings. The predicted molar refractivity (Wildman–Crippen MR) is 88.0 cm³/mol. The van der Waals surface area contributed by atoms with Crippen molar-refractivity contribution in [1.82, 2.24) is 0 Å². The van der Waals surface area contributed by atoms with Crippen molar-refractivity contribution < 1.29 is 34.8 Å². The number of hydrogen-bond donors (Lipinski definition) is 4. The summed E-state index contributed by atoms with van der Waals surface area (Å²) in [5.41, 5.74) is -0.634. The zero-order valence-corrected chi connectivity index (χ0v) is 14.0. The summed E-state index contributed by atoms with van der Waals surface area (Å²) in [6.07, 6.45) is 3.72. The second-order valence-electron chi connectivity index (χ2n) is 7.68. The molecular formula is C19H18O7. The molecule has 7 nitrogen and oxygen atoms in total. The Morgan fingerprint density at radius 3 is 2.38 bits per heavy atom. The summed E-state index contributed by atoms with van der Waals surface area (Å²) in [6.45, 7) is 1.52. The van der Waals surface area contributed by atoms with E-state index in [1.54, 1.807) is 0 Å². The van der Waals surface area contributed by atoms with Crippen molar-refractivity contribution in [3.63, 3.8) is 0 Å². The van der Waals surface area contributed by atoms with Gasteiger partial charge in [0.1, 0.15) is 11.5 Å². The zero-order chi connectivity index (χ0) is 19.0. The molecule has 1 saturated carbocycles. The van der Waals surface area contributed by atoms with E-state index < -0.39 is 58.1 Å². The molecule has 0 spiro atoms. The summed E-state index contributed by atoms with van der Waals surface area (Å²) in [4.78, 5) is 38.6. The second-order valence-corrected chi connectivity index (χ2v) is 7.68. The molecule has 0 aromatic rings. The Bertz CT molecular complexity index is 884. The van der Waals surface area contributed by atoms with Crippen LogP contribution in [0.4, 0.5) is 0 Å². The van der Waals surface area contributed by atoms with Gasteiger partial charge in [-0.3, -0.25) is 14.4 Å². The van der Waals surface area contributed by atoms with E-state index in [9.17, 15) is 34.8 Å². The highest BCUT2D eigenvalue weighted by molar-refractivity contribution is 6.18. The summed E-state index contributed by atoms with van der Waals surface area (Å²) >= 11 is 0. The molecule has 0 heterocycles. The van der Waals surface area contributed by atoms with E-state index in [0.29, 0.717) is 5.57 Å². The van der Waals surface area contributed by atoms with Crippen molar-refractivity contribution in [2.24, 2.45) is 23.7 Å². The lowest BCUT2D eigenvalue weighted by Gasteiger charge is -2.44. The number of carbonyl (C=O) groups is 3. The summed E-state index contributed by atoms with van der Waals surface area (Å²) in [6, 6.07) is 0. The summed E-state index contributed by atoms with van der Waals surface area (Å²) in [5, 5.41) is 40.5. The van der Waals surface area contributed by atoms with Crippen LogP contribution in [0.25, 0.3) is 0 Å². The molecule has 0 bridgehead atoms. The molecule has 4 N–H and O–H groups in total. The average Bonchev–Trinajstić information content (AvgIpc) is 2.52. The molecule has 0 aliphatic heterocycles. The number of rotatable bonds is 0. The molecule has 0 aromatic heterocycles. The first-order valence-electron chi connectivity index (χ1n) is 8.39.